The molecule has 0 aliphatic carbocycles. The number of likely N-dealkylation sites (tertiary alicyclic amines) is 1. The van der Waals surface area contributed by atoms with Gasteiger partial charge in [-0.15, -0.1) is 0 Å². The number of hydrogen-bond acceptors (Lipinski definition) is 6. The molecule has 2 N–H and O–H groups in total. The predicted octanol–water partition coefficient (Wildman–Crippen LogP) is 2.70. The largest absolute Gasteiger partial charge is 0.366 e. The average Bonchev–Trinajstić information content (AvgIpc) is 3.17. The molecule has 0 amide bonds. The van der Waals surface area contributed by atoms with Crippen LogP contribution in [-0.2, 0) is 12.0 Å². The van der Waals surface area contributed by atoms with Crippen LogP contribution in [0.1, 0.15) is 38.4 Å². The molecule has 2 aromatic rings. The van der Waals surface area contributed by atoms with Crippen LogP contribution < -0.4 is 5.32 Å². The van der Waals surface area contributed by atoms with Gasteiger partial charge in [-0.25, -0.2) is 4.98 Å². The summed E-state index contributed by atoms with van der Waals surface area (Å²) in [5.74, 6) is 0.677. The van der Waals surface area contributed by atoms with Crippen LogP contribution >= 0.6 is 0 Å². The summed E-state index contributed by atoms with van der Waals surface area (Å²) in [5, 5.41) is 21.4. The van der Waals surface area contributed by atoms with E-state index in [4.69, 9.17) is 0 Å². The van der Waals surface area contributed by atoms with Crippen LogP contribution in [0.2, 0.25) is 0 Å². The lowest BCUT2D eigenvalue weighted by molar-refractivity contribution is -0.385. The molecule has 1 aliphatic rings. The lowest BCUT2D eigenvalue weighted by atomic mass is 9.89. The van der Waals surface area contributed by atoms with Gasteiger partial charge in [0.1, 0.15) is 12.0 Å². The van der Waals surface area contributed by atoms with Crippen molar-refractivity contribution in [3.63, 3.8) is 0 Å². The summed E-state index contributed by atoms with van der Waals surface area (Å²) in [6.45, 7) is 9.32. The molecular formula is C17H24N6O2. The second-order valence-corrected chi connectivity index (χ2v) is 7.54. The minimum Gasteiger partial charge on any atom is -0.366 e. The number of anilines is 1. The van der Waals surface area contributed by atoms with E-state index in [1.54, 1.807) is 6.07 Å². The Bertz CT molecular complexity index is 734. The minimum atomic E-state index is -0.439. The molecule has 1 saturated heterocycles. The highest BCUT2D eigenvalue weighted by Crippen LogP contribution is 2.26. The molecule has 8 nitrogen and oxygen atoms in total. The van der Waals surface area contributed by atoms with Gasteiger partial charge in [-0.3, -0.25) is 20.1 Å². The van der Waals surface area contributed by atoms with Gasteiger partial charge in [0.25, 0.3) is 5.69 Å². The van der Waals surface area contributed by atoms with Crippen molar-refractivity contribution in [3.8, 4) is 0 Å². The van der Waals surface area contributed by atoms with Crippen LogP contribution in [-0.4, -0.2) is 44.1 Å². The van der Waals surface area contributed by atoms with E-state index in [9.17, 15) is 10.1 Å². The van der Waals surface area contributed by atoms with Crippen LogP contribution in [0, 0.1) is 10.1 Å². The molecule has 0 bridgehead atoms. The van der Waals surface area contributed by atoms with Crippen molar-refractivity contribution in [2.24, 2.45) is 0 Å². The molecule has 8 heteroatoms. The average molecular weight is 344 g/mol. The number of nitro groups is 1. The summed E-state index contributed by atoms with van der Waals surface area (Å²) in [5.41, 5.74) is 2.47. The van der Waals surface area contributed by atoms with E-state index in [2.05, 4.69) is 46.2 Å². The molecular weight excluding hydrogens is 320 g/mol. The number of aromatic nitrogens is 3. The monoisotopic (exact) mass is 344 g/mol. The van der Waals surface area contributed by atoms with Crippen molar-refractivity contribution in [3.05, 3.63) is 45.9 Å². The molecule has 1 aliphatic heterocycles. The van der Waals surface area contributed by atoms with Crippen molar-refractivity contribution >= 4 is 11.5 Å². The molecule has 0 spiro atoms. The summed E-state index contributed by atoms with van der Waals surface area (Å²) >= 11 is 0. The smallest absolute Gasteiger partial charge is 0.287 e. The first-order valence-electron chi connectivity index (χ1n) is 8.45. The normalized spacial score (nSPS) is 18.4. The molecule has 0 saturated carbocycles. The maximum absolute atomic E-state index is 10.7. The van der Waals surface area contributed by atoms with Gasteiger partial charge in [-0.1, -0.05) is 20.8 Å². The third-order valence-corrected chi connectivity index (χ3v) is 4.44. The molecule has 2 aromatic heterocycles. The fraction of sp³-hybridized carbons (Fsp3) is 0.529. The zero-order chi connectivity index (χ0) is 18.0. The highest BCUT2D eigenvalue weighted by Gasteiger charge is 2.26. The molecule has 3 rings (SSSR count). The molecule has 3 heterocycles. The third-order valence-electron chi connectivity index (χ3n) is 4.44. The van der Waals surface area contributed by atoms with Gasteiger partial charge in [-0.2, -0.15) is 5.10 Å². The molecule has 25 heavy (non-hydrogen) atoms. The van der Waals surface area contributed by atoms with E-state index in [1.807, 2.05) is 6.20 Å². The fourth-order valence-corrected chi connectivity index (χ4v) is 3.20. The Morgan fingerprint density at radius 3 is 2.84 bits per heavy atom. The first-order valence-corrected chi connectivity index (χ1v) is 8.45. The summed E-state index contributed by atoms with van der Waals surface area (Å²) < 4.78 is 0. The summed E-state index contributed by atoms with van der Waals surface area (Å²) in [7, 11) is 0. The van der Waals surface area contributed by atoms with Crippen LogP contribution in [0.3, 0.4) is 0 Å². The first kappa shape index (κ1) is 17.3. The number of rotatable bonds is 5. The molecule has 0 aromatic carbocycles. The van der Waals surface area contributed by atoms with Crippen LogP contribution in [0.4, 0.5) is 11.5 Å². The Morgan fingerprint density at radius 1 is 1.40 bits per heavy atom. The number of nitrogens with zero attached hydrogens (tertiary/aromatic N) is 4. The number of aromatic amines is 1. The maximum atomic E-state index is 10.7. The number of H-pyrrole nitrogens is 1. The predicted molar refractivity (Wildman–Crippen MR) is 95.5 cm³/mol. The van der Waals surface area contributed by atoms with E-state index in [0.29, 0.717) is 11.9 Å². The summed E-state index contributed by atoms with van der Waals surface area (Å²) in [6.07, 6.45) is 4.22. The van der Waals surface area contributed by atoms with Crippen molar-refractivity contribution in [1.29, 1.82) is 0 Å². The van der Waals surface area contributed by atoms with E-state index in [0.717, 1.165) is 26.1 Å². The SMILES string of the molecule is CC(C)(C)c1[nH]ncc1CN1CCC(Nc2ccc([N+](=O)[O-])cn2)C1. The Labute approximate surface area is 146 Å². The lowest BCUT2D eigenvalue weighted by Crippen LogP contribution is -2.27. The quantitative estimate of drug-likeness (QED) is 0.639. The number of pyridine rings is 1. The minimum absolute atomic E-state index is 0.00765. The fourth-order valence-electron chi connectivity index (χ4n) is 3.20. The van der Waals surface area contributed by atoms with Crippen LogP contribution in [0.15, 0.2) is 24.5 Å². The van der Waals surface area contributed by atoms with Crippen molar-refractivity contribution in [1.82, 2.24) is 20.1 Å². The lowest BCUT2D eigenvalue weighted by Gasteiger charge is -2.21. The highest BCUT2D eigenvalue weighted by molar-refractivity contribution is 5.41. The van der Waals surface area contributed by atoms with Gasteiger partial charge >= 0.3 is 0 Å². The molecule has 1 fully saturated rings. The second-order valence-electron chi connectivity index (χ2n) is 7.54. The van der Waals surface area contributed by atoms with Gasteiger partial charge in [0.2, 0.25) is 0 Å². The Morgan fingerprint density at radius 2 is 2.20 bits per heavy atom. The van der Waals surface area contributed by atoms with Gasteiger partial charge in [0.05, 0.1) is 11.1 Å². The Hall–Kier alpha value is -2.48. The first-order chi connectivity index (χ1) is 11.8. The van der Waals surface area contributed by atoms with Gasteiger partial charge in [-0.05, 0) is 12.5 Å². The second kappa shape index (κ2) is 6.79. The maximum Gasteiger partial charge on any atom is 0.287 e. The summed E-state index contributed by atoms with van der Waals surface area (Å²) in [6, 6.07) is 3.43. The van der Waals surface area contributed by atoms with Crippen molar-refractivity contribution in [2.45, 2.75) is 45.2 Å². The Balaban J connectivity index is 1.57. The number of nitrogens with one attached hydrogen (secondary N) is 2. The zero-order valence-electron chi connectivity index (χ0n) is 14.8. The number of hydrogen-bond donors (Lipinski definition) is 2. The van der Waals surface area contributed by atoms with Crippen molar-refractivity contribution < 1.29 is 4.92 Å². The molecule has 0 radical (unpaired) electrons. The van der Waals surface area contributed by atoms with E-state index < -0.39 is 4.92 Å². The Kier molecular flexibility index (Phi) is 4.71. The van der Waals surface area contributed by atoms with Gasteiger partial charge in [0.15, 0.2) is 0 Å². The topological polar surface area (TPSA) is 100.0 Å². The molecule has 1 atom stereocenters. The van der Waals surface area contributed by atoms with E-state index in [-0.39, 0.29) is 11.1 Å². The molecule has 134 valence electrons. The van der Waals surface area contributed by atoms with Crippen LogP contribution in [0.5, 0.6) is 0 Å². The molecule has 1 unspecified atom stereocenters. The standard InChI is InChI=1S/C17H24N6O2/c1-17(2,3)16-12(8-19-21-16)10-22-7-6-13(11-22)20-15-5-4-14(9-18-15)23(24)25/h4-5,8-9,13H,6-7,10-11H2,1-3H3,(H,18,20)(H,19,21). The highest BCUT2D eigenvalue weighted by atomic mass is 16.6. The van der Waals surface area contributed by atoms with Gasteiger partial charge < -0.3 is 5.32 Å². The van der Waals surface area contributed by atoms with Crippen molar-refractivity contribution in [2.75, 3.05) is 18.4 Å². The zero-order valence-corrected chi connectivity index (χ0v) is 14.8. The third kappa shape index (κ3) is 4.14. The van der Waals surface area contributed by atoms with Gasteiger partial charge in [0, 0.05) is 48.4 Å². The van der Waals surface area contributed by atoms with E-state index in [1.165, 1.54) is 23.5 Å². The summed E-state index contributed by atoms with van der Waals surface area (Å²) in [4.78, 5) is 16.8. The van der Waals surface area contributed by atoms with Crippen LogP contribution in [0.25, 0.3) is 0 Å². The van der Waals surface area contributed by atoms with E-state index >= 15 is 0 Å².